The van der Waals surface area contributed by atoms with Crippen molar-refractivity contribution in [2.45, 2.75) is 11.1 Å². The van der Waals surface area contributed by atoms with Crippen LogP contribution in [0, 0.1) is 0 Å². The first-order chi connectivity index (χ1) is 5.52. The number of halogens is 1. The maximum absolute atomic E-state index is 10.9. The van der Waals surface area contributed by atoms with Crippen LogP contribution in [-0.2, 0) is 11.0 Å². The molecule has 1 aromatic heterocycles. The fourth-order valence-electron chi connectivity index (χ4n) is 0.740. The molecule has 6 heteroatoms. The van der Waals surface area contributed by atoms with E-state index in [0.29, 0.717) is 14.1 Å². The highest BCUT2D eigenvalue weighted by atomic mass is 35.5. The Morgan fingerprint density at radius 3 is 2.67 bits per heavy atom. The minimum Gasteiger partial charge on any atom is -0.294 e. The molecule has 0 spiro atoms. The summed E-state index contributed by atoms with van der Waals surface area (Å²) in [5, 5.41) is 5.14. The molecule has 0 aliphatic rings. The van der Waals surface area contributed by atoms with Crippen molar-refractivity contribution in [3.05, 3.63) is 16.0 Å². The van der Waals surface area contributed by atoms with E-state index in [-0.39, 0.29) is 5.78 Å². The molecule has 12 heavy (non-hydrogen) atoms. The molecule has 1 rings (SSSR count). The zero-order valence-electron chi connectivity index (χ0n) is 6.17. The van der Waals surface area contributed by atoms with E-state index in [1.54, 1.807) is 0 Å². The number of ketones is 1. The number of hydrogen-bond acceptors (Lipinski definition) is 3. The first kappa shape index (κ1) is 9.85. The van der Waals surface area contributed by atoms with Crippen molar-refractivity contribution >= 4 is 39.7 Å². The second-order valence-electron chi connectivity index (χ2n) is 2.11. The number of rotatable bonds is 2. The number of carbonyl (C=O) groups excluding carboxylic acids is 1. The van der Waals surface area contributed by atoms with E-state index in [4.69, 9.17) is 16.7 Å². The summed E-state index contributed by atoms with van der Waals surface area (Å²) in [7, 11) is -1.63. The van der Waals surface area contributed by atoms with Crippen molar-refractivity contribution in [1.29, 1.82) is 0 Å². The fraction of sp³-hybridized carbons (Fsp3) is 0.167. The SMILES string of the molecule is CC(=O)c1cc(Cl)sc1S(N)=O. The molecule has 1 aromatic rings. The number of nitrogens with two attached hydrogens (primary N) is 1. The van der Waals surface area contributed by atoms with Crippen molar-refractivity contribution in [3.63, 3.8) is 0 Å². The molecule has 1 atom stereocenters. The van der Waals surface area contributed by atoms with Crippen LogP contribution in [0.25, 0.3) is 0 Å². The van der Waals surface area contributed by atoms with Crippen LogP contribution in [0.15, 0.2) is 10.3 Å². The largest absolute Gasteiger partial charge is 0.294 e. The van der Waals surface area contributed by atoms with Crippen molar-refractivity contribution in [2.24, 2.45) is 5.14 Å². The van der Waals surface area contributed by atoms with Crippen molar-refractivity contribution in [2.75, 3.05) is 0 Å². The summed E-state index contributed by atoms with van der Waals surface area (Å²) in [6.07, 6.45) is 0. The van der Waals surface area contributed by atoms with Gasteiger partial charge in [0.15, 0.2) is 5.78 Å². The maximum atomic E-state index is 10.9. The summed E-state index contributed by atoms with van der Waals surface area (Å²) >= 11 is 6.70. The monoisotopic (exact) mass is 223 g/mol. The van der Waals surface area contributed by atoms with E-state index in [2.05, 4.69) is 0 Å². The second kappa shape index (κ2) is 3.66. The molecule has 0 bridgehead atoms. The van der Waals surface area contributed by atoms with Gasteiger partial charge in [0.1, 0.15) is 15.2 Å². The smallest absolute Gasteiger partial charge is 0.161 e. The van der Waals surface area contributed by atoms with Crippen LogP contribution < -0.4 is 5.14 Å². The van der Waals surface area contributed by atoms with Crippen LogP contribution in [0.3, 0.4) is 0 Å². The average Bonchev–Trinajstić information content (AvgIpc) is 2.31. The predicted octanol–water partition coefficient (Wildman–Crippen LogP) is 1.59. The highest BCUT2D eigenvalue weighted by molar-refractivity contribution is 7.85. The van der Waals surface area contributed by atoms with Crippen LogP contribution in [-0.4, -0.2) is 9.99 Å². The zero-order valence-corrected chi connectivity index (χ0v) is 8.55. The van der Waals surface area contributed by atoms with E-state index >= 15 is 0 Å². The van der Waals surface area contributed by atoms with Gasteiger partial charge < -0.3 is 0 Å². The number of thiophene rings is 1. The summed E-state index contributed by atoms with van der Waals surface area (Å²) in [6, 6.07) is 1.48. The van der Waals surface area contributed by atoms with Crippen molar-refractivity contribution in [1.82, 2.24) is 0 Å². The van der Waals surface area contributed by atoms with Crippen LogP contribution in [0.4, 0.5) is 0 Å². The molecule has 0 radical (unpaired) electrons. The third-order valence-electron chi connectivity index (χ3n) is 1.23. The number of Topliss-reactive ketones (excluding diaryl/α,β-unsaturated/α-hetero) is 1. The Balaban J connectivity index is 3.26. The third kappa shape index (κ3) is 1.92. The molecule has 66 valence electrons. The highest BCUT2D eigenvalue weighted by Gasteiger charge is 2.14. The Hall–Kier alpha value is -0.230. The molecule has 1 heterocycles. The summed E-state index contributed by atoms with van der Waals surface area (Å²) in [5.74, 6) is -0.174. The normalized spacial score (nSPS) is 12.9. The Morgan fingerprint density at radius 2 is 2.33 bits per heavy atom. The van der Waals surface area contributed by atoms with E-state index in [1.807, 2.05) is 0 Å². The number of hydrogen-bond donors (Lipinski definition) is 1. The van der Waals surface area contributed by atoms with Crippen LogP contribution in [0.2, 0.25) is 4.34 Å². The van der Waals surface area contributed by atoms with E-state index < -0.39 is 11.0 Å². The number of carbonyl (C=O) groups is 1. The quantitative estimate of drug-likeness (QED) is 0.774. The second-order valence-corrected chi connectivity index (χ2v) is 5.05. The molecule has 0 amide bonds. The molecular formula is C6H6ClNO2S2. The van der Waals surface area contributed by atoms with Crippen molar-refractivity contribution in [3.8, 4) is 0 Å². The highest BCUT2D eigenvalue weighted by Crippen LogP contribution is 2.28. The van der Waals surface area contributed by atoms with Gasteiger partial charge in [-0.25, -0.2) is 9.35 Å². The predicted molar refractivity (Wildman–Crippen MR) is 49.9 cm³/mol. The molecule has 0 saturated heterocycles. The lowest BCUT2D eigenvalue weighted by atomic mass is 10.2. The summed E-state index contributed by atoms with van der Waals surface area (Å²) in [4.78, 5) is 10.9. The van der Waals surface area contributed by atoms with Crippen LogP contribution in [0.5, 0.6) is 0 Å². The fourth-order valence-corrected chi connectivity index (χ4v) is 2.90. The molecule has 1 unspecified atom stereocenters. The molecule has 2 N–H and O–H groups in total. The first-order valence-electron chi connectivity index (χ1n) is 2.99. The van der Waals surface area contributed by atoms with E-state index in [1.165, 1.54) is 13.0 Å². The molecule has 3 nitrogen and oxygen atoms in total. The molecule has 0 aliphatic heterocycles. The average molecular weight is 224 g/mol. The zero-order chi connectivity index (χ0) is 9.30. The third-order valence-corrected chi connectivity index (χ3v) is 3.62. The van der Waals surface area contributed by atoms with Gasteiger partial charge in [-0.1, -0.05) is 11.6 Å². The van der Waals surface area contributed by atoms with Gasteiger partial charge in [-0.05, 0) is 13.0 Å². The van der Waals surface area contributed by atoms with Gasteiger partial charge in [-0.15, -0.1) is 11.3 Å². The maximum Gasteiger partial charge on any atom is 0.161 e. The van der Waals surface area contributed by atoms with Crippen LogP contribution >= 0.6 is 22.9 Å². The van der Waals surface area contributed by atoms with Gasteiger partial charge in [-0.2, -0.15) is 0 Å². The lowest BCUT2D eigenvalue weighted by Gasteiger charge is -1.92. The van der Waals surface area contributed by atoms with Gasteiger partial charge in [0, 0.05) is 5.56 Å². The molecule has 0 fully saturated rings. The van der Waals surface area contributed by atoms with E-state index in [9.17, 15) is 9.00 Å². The van der Waals surface area contributed by atoms with Gasteiger partial charge in [0.25, 0.3) is 0 Å². The Morgan fingerprint density at radius 1 is 1.75 bits per heavy atom. The van der Waals surface area contributed by atoms with Gasteiger partial charge in [0.05, 0.1) is 4.34 Å². The van der Waals surface area contributed by atoms with Crippen molar-refractivity contribution < 1.29 is 9.00 Å². The molecule has 0 saturated carbocycles. The minimum absolute atomic E-state index is 0.174. The summed E-state index contributed by atoms with van der Waals surface area (Å²) in [6.45, 7) is 1.38. The summed E-state index contributed by atoms with van der Waals surface area (Å²) < 4.78 is 11.6. The Kier molecular flexibility index (Phi) is 3.00. The Bertz CT molecular complexity index is 316. The molecule has 0 aromatic carbocycles. The molecule has 0 aliphatic carbocycles. The minimum atomic E-state index is -1.63. The Labute approximate surface area is 81.1 Å². The lowest BCUT2D eigenvalue weighted by molar-refractivity contribution is 0.101. The van der Waals surface area contributed by atoms with E-state index in [0.717, 1.165) is 11.3 Å². The van der Waals surface area contributed by atoms with Gasteiger partial charge in [0.2, 0.25) is 0 Å². The van der Waals surface area contributed by atoms with Gasteiger partial charge in [-0.3, -0.25) is 4.79 Å². The first-order valence-corrected chi connectivity index (χ1v) is 5.39. The standard InChI is InChI=1S/C6H6ClNO2S2/c1-3(9)4-2-5(7)11-6(4)12(8)10/h2H,8H2,1H3. The van der Waals surface area contributed by atoms with Gasteiger partial charge >= 0.3 is 0 Å². The topological polar surface area (TPSA) is 60.2 Å². The molecular weight excluding hydrogens is 218 g/mol. The summed E-state index contributed by atoms with van der Waals surface area (Å²) in [5.41, 5.74) is 0.353. The van der Waals surface area contributed by atoms with Crippen LogP contribution in [0.1, 0.15) is 17.3 Å². The lowest BCUT2D eigenvalue weighted by Crippen LogP contribution is -2.04.